The first-order valence-electron chi connectivity index (χ1n) is 12.1. The number of rotatable bonds is 10. The third kappa shape index (κ3) is 6.71. The number of benzene rings is 3. The molecule has 0 saturated heterocycles. The van der Waals surface area contributed by atoms with Crippen LogP contribution in [0.15, 0.2) is 66.2 Å². The van der Waals surface area contributed by atoms with Crippen LogP contribution in [-0.2, 0) is 12.8 Å². The molecule has 174 valence electrons. The highest BCUT2D eigenvalue weighted by atomic mass is 16.5. The van der Waals surface area contributed by atoms with E-state index >= 15 is 0 Å². The molecule has 0 aliphatic rings. The molecule has 0 saturated carbocycles. The molecule has 3 nitrogen and oxygen atoms in total. The van der Waals surface area contributed by atoms with Gasteiger partial charge >= 0.3 is 5.97 Å². The second-order valence-corrected chi connectivity index (χ2v) is 8.94. The lowest BCUT2D eigenvalue weighted by atomic mass is 10.0. The van der Waals surface area contributed by atoms with E-state index in [1.807, 2.05) is 62.4 Å². The molecule has 0 unspecified atom stereocenters. The van der Waals surface area contributed by atoms with E-state index in [0.29, 0.717) is 17.7 Å². The van der Waals surface area contributed by atoms with Gasteiger partial charge in [-0.15, -0.1) is 0 Å². The minimum absolute atomic E-state index is 0.0328. The van der Waals surface area contributed by atoms with Gasteiger partial charge in [0.25, 0.3) is 0 Å². The van der Waals surface area contributed by atoms with Crippen LogP contribution in [0.5, 0.6) is 11.5 Å². The number of hydrogen-bond acceptors (Lipinski definition) is 3. The third-order valence-electron chi connectivity index (χ3n) is 5.62. The number of ether oxygens (including phenoxy) is 2. The lowest BCUT2D eigenvalue weighted by Crippen LogP contribution is -2.13. The summed E-state index contributed by atoms with van der Waals surface area (Å²) in [6, 6.07) is 17.8. The molecule has 0 spiro atoms. The summed E-state index contributed by atoms with van der Waals surface area (Å²) in [7, 11) is 0. The molecule has 3 aromatic rings. The smallest absolute Gasteiger partial charge is 0.343 e. The number of hydrogen-bond donors (Lipinski definition) is 0. The molecule has 0 aromatic heterocycles. The standard InChI is InChI=1S/C30H36O3/c1-6-10-22(5)14-17-27-28(32-21(3)4)18-23(11-7-2)19-29(27)33-30(31)26-16-15-24-12-8-9-13-25(24)20-26/h8-9,12-16,18-21H,6-7,10-11,17H2,1-5H3/b22-14-. The average molecular weight is 445 g/mol. The zero-order chi connectivity index (χ0) is 23.8. The normalized spacial score (nSPS) is 11.8. The van der Waals surface area contributed by atoms with Crippen LogP contribution in [0.25, 0.3) is 10.8 Å². The molecule has 0 amide bonds. The predicted octanol–water partition coefficient (Wildman–Crippen LogP) is 8.09. The molecular weight excluding hydrogens is 408 g/mol. The van der Waals surface area contributed by atoms with Crippen LogP contribution in [0.4, 0.5) is 0 Å². The number of allylic oxidation sites excluding steroid dienone is 2. The molecule has 0 aliphatic carbocycles. The zero-order valence-electron chi connectivity index (χ0n) is 20.6. The van der Waals surface area contributed by atoms with E-state index in [9.17, 15) is 4.79 Å². The molecule has 3 aromatic carbocycles. The number of fused-ring (bicyclic) bond motifs is 1. The van der Waals surface area contributed by atoms with Gasteiger partial charge in [-0.1, -0.05) is 68.7 Å². The summed E-state index contributed by atoms with van der Waals surface area (Å²) in [6.45, 7) is 10.5. The SMILES string of the molecule is CCC/C(C)=C\Cc1c(OC(=O)c2ccc3ccccc3c2)cc(CCC)cc1OC(C)C. The van der Waals surface area contributed by atoms with Gasteiger partial charge in [0.2, 0.25) is 0 Å². The maximum Gasteiger partial charge on any atom is 0.343 e. The van der Waals surface area contributed by atoms with Crippen LogP contribution in [0.3, 0.4) is 0 Å². The second-order valence-electron chi connectivity index (χ2n) is 8.94. The molecule has 0 radical (unpaired) electrons. The fraction of sp³-hybridized carbons (Fsp3) is 0.367. The van der Waals surface area contributed by atoms with Crippen molar-refractivity contribution in [1.82, 2.24) is 0 Å². The van der Waals surface area contributed by atoms with Crippen LogP contribution in [0, 0.1) is 0 Å². The third-order valence-corrected chi connectivity index (χ3v) is 5.62. The lowest BCUT2D eigenvalue weighted by Gasteiger charge is -2.19. The van der Waals surface area contributed by atoms with Gasteiger partial charge in [-0.2, -0.15) is 0 Å². The highest BCUT2D eigenvalue weighted by Crippen LogP contribution is 2.34. The Balaban J connectivity index is 2.00. The first-order valence-corrected chi connectivity index (χ1v) is 12.1. The van der Waals surface area contributed by atoms with Crippen LogP contribution in [0.2, 0.25) is 0 Å². The summed E-state index contributed by atoms with van der Waals surface area (Å²) in [5, 5.41) is 2.12. The maximum atomic E-state index is 13.2. The van der Waals surface area contributed by atoms with Crippen LogP contribution in [-0.4, -0.2) is 12.1 Å². The molecule has 3 heteroatoms. The van der Waals surface area contributed by atoms with Crippen molar-refractivity contribution in [1.29, 1.82) is 0 Å². The summed E-state index contributed by atoms with van der Waals surface area (Å²) in [5.41, 5.74) is 3.92. The van der Waals surface area contributed by atoms with Gasteiger partial charge in [0.1, 0.15) is 11.5 Å². The quantitative estimate of drug-likeness (QED) is 0.180. The Morgan fingerprint density at radius 1 is 0.939 bits per heavy atom. The van der Waals surface area contributed by atoms with Gasteiger partial charge in [0.05, 0.1) is 11.7 Å². The Morgan fingerprint density at radius 3 is 2.36 bits per heavy atom. The monoisotopic (exact) mass is 444 g/mol. The van der Waals surface area contributed by atoms with Crippen molar-refractivity contribution < 1.29 is 14.3 Å². The molecule has 0 atom stereocenters. The van der Waals surface area contributed by atoms with Crippen LogP contribution >= 0.6 is 0 Å². The molecule has 0 aliphatic heterocycles. The molecular formula is C30H36O3. The summed E-state index contributed by atoms with van der Waals surface area (Å²) in [6.07, 6.45) is 7.00. The predicted molar refractivity (Wildman–Crippen MR) is 137 cm³/mol. The fourth-order valence-electron chi connectivity index (χ4n) is 4.01. The first kappa shape index (κ1) is 24.6. The van der Waals surface area contributed by atoms with Gasteiger partial charge in [-0.3, -0.25) is 0 Å². The van der Waals surface area contributed by atoms with Gasteiger partial charge in [0.15, 0.2) is 0 Å². The number of aryl methyl sites for hydroxylation is 1. The fourth-order valence-corrected chi connectivity index (χ4v) is 4.01. The van der Waals surface area contributed by atoms with Crippen molar-refractivity contribution in [2.45, 2.75) is 72.8 Å². The van der Waals surface area contributed by atoms with Gasteiger partial charge in [0, 0.05) is 5.56 Å². The van der Waals surface area contributed by atoms with Crippen molar-refractivity contribution in [3.8, 4) is 11.5 Å². The highest BCUT2D eigenvalue weighted by molar-refractivity contribution is 5.96. The molecule has 0 N–H and O–H groups in total. The van der Waals surface area contributed by atoms with E-state index in [4.69, 9.17) is 9.47 Å². The number of esters is 1. The van der Waals surface area contributed by atoms with E-state index in [1.54, 1.807) is 0 Å². The number of carbonyl (C=O) groups excluding carboxylic acids is 1. The van der Waals surface area contributed by atoms with E-state index in [0.717, 1.165) is 53.3 Å². The minimum Gasteiger partial charge on any atom is -0.491 e. The molecule has 3 rings (SSSR count). The van der Waals surface area contributed by atoms with E-state index in [1.165, 1.54) is 5.57 Å². The van der Waals surface area contributed by atoms with Crippen molar-refractivity contribution in [2.24, 2.45) is 0 Å². The van der Waals surface area contributed by atoms with Crippen LogP contribution < -0.4 is 9.47 Å². The summed E-state index contributed by atoms with van der Waals surface area (Å²) in [4.78, 5) is 13.2. The highest BCUT2D eigenvalue weighted by Gasteiger charge is 2.18. The Labute approximate surface area is 198 Å². The molecule has 0 heterocycles. The van der Waals surface area contributed by atoms with Crippen molar-refractivity contribution in [2.75, 3.05) is 0 Å². The van der Waals surface area contributed by atoms with E-state index in [2.05, 4.69) is 32.9 Å². The summed E-state index contributed by atoms with van der Waals surface area (Å²) < 4.78 is 12.2. The largest absolute Gasteiger partial charge is 0.491 e. The lowest BCUT2D eigenvalue weighted by molar-refractivity contribution is 0.0732. The Hall–Kier alpha value is -3.07. The Morgan fingerprint density at radius 2 is 1.67 bits per heavy atom. The summed E-state index contributed by atoms with van der Waals surface area (Å²) >= 11 is 0. The Bertz CT molecular complexity index is 1120. The van der Waals surface area contributed by atoms with Gasteiger partial charge in [-0.05, 0) is 80.6 Å². The molecule has 0 fully saturated rings. The zero-order valence-corrected chi connectivity index (χ0v) is 20.6. The average Bonchev–Trinajstić information content (AvgIpc) is 2.78. The van der Waals surface area contributed by atoms with Crippen molar-refractivity contribution in [3.05, 3.63) is 82.9 Å². The molecule has 0 bridgehead atoms. The van der Waals surface area contributed by atoms with E-state index < -0.39 is 0 Å². The summed E-state index contributed by atoms with van der Waals surface area (Å²) in [5.74, 6) is 1.05. The van der Waals surface area contributed by atoms with E-state index in [-0.39, 0.29) is 12.1 Å². The minimum atomic E-state index is -0.347. The second kappa shape index (κ2) is 11.7. The topological polar surface area (TPSA) is 35.5 Å². The maximum absolute atomic E-state index is 13.2. The molecule has 33 heavy (non-hydrogen) atoms. The van der Waals surface area contributed by atoms with Crippen molar-refractivity contribution in [3.63, 3.8) is 0 Å². The van der Waals surface area contributed by atoms with Crippen molar-refractivity contribution >= 4 is 16.7 Å². The number of carbonyl (C=O) groups is 1. The van der Waals surface area contributed by atoms with Crippen LogP contribution in [0.1, 0.15) is 75.4 Å². The van der Waals surface area contributed by atoms with Gasteiger partial charge < -0.3 is 9.47 Å². The van der Waals surface area contributed by atoms with Gasteiger partial charge in [-0.25, -0.2) is 4.79 Å². The first-order chi connectivity index (χ1) is 15.9. The Kier molecular flexibility index (Phi) is 8.71.